The van der Waals surface area contributed by atoms with Crippen LogP contribution in [0.15, 0.2) is 0 Å². The molecule has 0 saturated heterocycles. The van der Waals surface area contributed by atoms with Crippen LogP contribution in [0.5, 0.6) is 0 Å². The zero-order valence-electron chi connectivity index (χ0n) is 27.4. The van der Waals surface area contributed by atoms with Crippen LogP contribution in [0.2, 0.25) is 0 Å². The van der Waals surface area contributed by atoms with Crippen LogP contribution in [0, 0.1) is 0 Å². The average Bonchev–Trinajstić information content (AvgIpc) is 2.97. The SMILES string of the molecule is CCCCCCCCCCCCCCCCC(=O)OC[C@H](COP(=O)(O)OC)OC(=O)CCCCCCCCCCC. The predicted octanol–water partition coefficient (Wildman–Crippen LogP) is 10.00. The van der Waals surface area contributed by atoms with E-state index < -0.39 is 26.5 Å². The molecule has 0 aliphatic rings. The van der Waals surface area contributed by atoms with Crippen molar-refractivity contribution in [3.8, 4) is 0 Å². The van der Waals surface area contributed by atoms with Gasteiger partial charge in [0.1, 0.15) is 6.61 Å². The quantitative estimate of drug-likeness (QED) is 0.0450. The number of unbranched alkanes of at least 4 members (excludes halogenated alkanes) is 21. The molecule has 0 radical (unpaired) electrons. The minimum atomic E-state index is -4.24. The van der Waals surface area contributed by atoms with E-state index in [1.807, 2.05) is 0 Å². The van der Waals surface area contributed by atoms with Gasteiger partial charge in [-0.15, -0.1) is 0 Å². The Labute approximate surface area is 258 Å². The number of rotatable bonds is 32. The fourth-order valence-corrected chi connectivity index (χ4v) is 5.35. The van der Waals surface area contributed by atoms with E-state index in [-0.39, 0.29) is 19.0 Å². The van der Waals surface area contributed by atoms with Gasteiger partial charge in [0, 0.05) is 20.0 Å². The Morgan fingerprint density at radius 3 is 1.31 bits per heavy atom. The van der Waals surface area contributed by atoms with Crippen molar-refractivity contribution in [3.05, 3.63) is 0 Å². The van der Waals surface area contributed by atoms with Crippen LogP contribution in [0.4, 0.5) is 0 Å². The molecule has 0 aliphatic carbocycles. The Morgan fingerprint density at radius 2 is 0.929 bits per heavy atom. The van der Waals surface area contributed by atoms with Gasteiger partial charge in [0.2, 0.25) is 0 Å². The number of hydrogen-bond acceptors (Lipinski definition) is 7. The molecule has 0 amide bonds. The molecule has 0 aromatic rings. The lowest BCUT2D eigenvalue weighted by Crippen LogP contribution is -2.29. The van der Waals surface area contributed by atoms with Crippen LogP contribution in [0.3, 0.4) is 0 Å². The van der Waals surface area contributed by atoms with E-state index >= 15 is 0 Å². The van der Waals surface area contributed by atoms with E-state index in [9.17, 15) is 19.0 Å². The smallest absolute Gasteiger partial charge is 0.462 e. The minimum absolute atomic E-state index is 0.218. The third-order valence-corrected chi connectivity index (χ3v) is 8.54. The summed E-state index contributed by atoms with van der Waals surface area (Å²) in [6, 6.07) is 0. The molecule has 0 saturated carbocycles. The maximum absolute atomic E-state index is 12.3. The van der Waals surface area contributed by atoms with Crippen LogP contribution in [-0.4, -0.2) is 43.3 Å². The second kappa shape index (κ2) is 30.1. The van der Waals surface area contributed by atoms with Gasteiger partial charge < -0.3 is 14.4 Å². The van der Waals surface area contributed by atoms with E-state index in [0.29, 0.717) is 6.42 Å². The summed E-state index contributed by atoms with van der Waals surface area (Å²) in [5, 5.41) is 0. The maximum atomic E-state index is 12.3. The summed E-state index contributed by atoms with van der Waals surface area (Å²) in [7, 11) is -3.18. The first-order valence-corrected chi connectivity index (χ1v) is 18.7. The van der Waals surface area contributed by atoms with Crippen molar-refractivity contribution in [2.75, 3.05) is 20.3 Å². The third kappa shape index (κ3) is 29.1. The van der Waals surface area contributed by atoms with Crippen molar-refractivity contribution in [2.45, 2.75) is 180 Å². The van der Waals surface area contributed by atoms with Crippen LogP contribution in [0.1, 0.15) is 174 Å². The number of esters is 2. The van der Waals surface area contributed by atoms with Gasteiger partial charge in [-0.3, -0.25) is 18.6 Å². The molecule has 250 valence electrons. The predicted molar refractivity (Wildman–Crippen MR) is 170 cm³/mol. The number of carbonyl (C=O) groups is 2. The molecule has 0 bridgehead atoms. The zero-order valence-corrected chi connectivity index (χ0v) is 28.3. The van der Waals surface area contributed by atoms with Crippen molar-refractivity contribution < 1.29 is 37.6 Å². The topological polar surface area (TPSA) is 108 Å². The van der Waals surface area contributed by atoms with E-state index in [4.69, 9.17) is 14.0 Å². The second-order valence-electron chi connectivity index (χ2n) is 11.7. The standard InChI is InChI=1S/C33H65O8P/c1-4-6-8-10-12-14-15-16-17-18-20-21-23-25-27-32(34)39-29-31(30-40-42(36,37)38-3)41-33(35)28-26-24-22-19-13-11-9-7-5-2/h31H,4-30H2,1-3H3,(H,36,37)/t31-/m1/s1. The van der Waals surface area contributed by atoms with E-state index in [1.165, 1.54) is 109 Å². The average molecular weight is 621 g/mol. The molecular formula is C33H65O8P. The number of phosphoric acid groups is 1. The number of hydrogen-bond donors (Lipinski definition) is 1. The zero-order chi connectivity index (χ0) is 31.2. The monoisotopic (exact) mass is 620 g/mol. The summed E-state index contributed by atoms with van der Waals surface area (Å²) in [5.74, 6) is -0.799. The Hall–Kier alpha value is -0.950. The van der Waals surface area contributed by atoms with Crippen LogP contribution in [-0.2, 0) is 32.7 Å². The molecular weight excluding hydrogens is 555 g/mol. The van der Waals surface area contributed by atoms with Gasteiger partial charge in [0.25, 0.3) is 0 Å². The van der Waals surface area contributed by atoms with Crippen molar-refractivity contribution in [1.82, 2.24) is 0 Å². The number of phosphoric ester groups is 1. The van der Waals surface area contributed by atoms with Crippen molar-refractivity contribution in [3.63, 3.8) is 0 Å². The fourth-order valence-electron chi connectivity index (χ4n) is 4.89. The van der Waals surface area contributed by atoms with E-state index in [0.717, 1.165) is 45.6 Å². The molecule has 1 N–H and O–H groups in total. The molecule has 0 aromatic heterocycles. The van der Waals surface area contributed by atoms with Crippen LogP contribution < -0.4 is 0 Å². The highest BCUT2D eigenvalue weighted by atomic mass is 31.2. The lowest BCUT2D eigenvalue weighted by Gasteiger charge is -2.19. The van der Waals surface area contributed by atoms with E-state index in [2.05, 4.69) is 18.4 Å². The van der Waals surface area contributed by atoms with E-state index in [1.54, 1.807) is 0 Å². The molecule has 42 heavy (non-hydrogen) atoms. The molecule has 0 fully saturated rings. The fraction of sp³-hybridized carbons (Fsp3) is 0.939. The maximum Gasteiger partial charge on any atom is 0.472 e. The lowest BCUT2D eigenvalue weighted by atomic mass is 10.0. The summed E-state index contributed by atoms with van der Waals surface area (Å²) in [6.45, 7) is 3.85. The van der Waals surface area contributed by atoms with Gasteiger partial charge in [-0.25, -0.2) is 4.57 Å². The Kier molecular flexibility index (Phi) is 29.4. The molecule has 2 atom stereocenters. The molecule has 0 spiro atoms. The summed E-state index contributed by atoms with van der Waals surface area (Å²) in [6.07, 6.45) is 27.3. The normalized spacial score (nSPS) is 13.5. The van der Waals surface area contributed by atoms with Crippen molar-refractivity contribution in [1.29, 1.82) is 0 Å². The van der Waals surface area contributed by atoms with Gasteiger partial charge >= 0.3 is 19.8 Å². The molecule has 9 heteroatoms. The Morgan fingerprint density at radius 1 is 0.571 bits per heavy atom. The summed E-state index contributed by atoms with van der Waals surface area (Å²) < 4.78 is 31.7. The van der Waals surface area contributed by atoms with Gasteiger partial charge in [0.15, 0.2) is 6.10 Å². The number of ether oxygens (including phenoxy) is 2. The molecule has 1 unspecified atom stereocenters. The van der Waals surface area contributed by atoms with Crippen molar-refractivity contribution in [2.24, 2.45) is 0 Å². The first-order chi connectivity index (χ1) is 20.3. The summed E-state index contributed by atoms with van der Waals surface area (Å²) in [5.41, 5.74) is 0. The molecule has 0 aliphatic heterocycles. The Bertz CT molecular complexity index is 672. The summed E-state index contributed by atoms with van der Waals surface area (Å²) >= 11 is 0. The molecule has 0 aromatic carbocycles. The van der Waals surface area contributed by atoms with Gasteiger partial charge in [-0.05, 0) is 12.8 Å². The minimum Gasteiger partial charge on any atom is -0.462 e. The third-order valence-electron chi connectivity index (χ3n) is 7.60. The largest absolute Gasteiger partial charge is 0.472 e. The second-order valence-corrected chi connectivity index (χ2v) is 13.2. The van der Waals surface area contributed by atoms with Gasteiger partial charge in [-0.2, -0.15) is 0 Å². The lowest BCUT2D eigenvalue weighted by molar-refractivity contribution is -0.161. The highest BCUT2D eigenvalue weighted by Crippen LogP contribution is 2.42. The van der Waals surface area contributed by atoms with Crippen LogP contribution in [0.25, 0.3) is 0 Å². The highest BCUT2D eigenvalue weighted by Gasteiger charge is 2.24. The first-order valence-electron chi connectivity index (χ1n) is 17.2. The number of carbonyl (C=O) groups excluding carboxylic acids is 2. The van der Waals surface area contributed by atoms with Crippen molar-refractivity contribution >= 4 is 19.8 Å². The Balaban J connectivity index is 4.04. The van der Waals surface area contributed by atoms with Crippen LogP contribution >= 0.6 is 7.82 Å². The molecule has 0 rings (SSSR count). The highest BCUT2D eigenvalue weighted by molar-refractivity contribution is 7.47. The molecule has 8 nitrogen and oxygen atoms in total. The van der Waals surface area contributed by atoms with Gasteiger partial charge in [-0.1, -0.05) is 149 Å². The van der Waals surface area contributed by atoms with Gasteiger partial charge in [0.05, 0.1) is 6.61 Å². The molecule has 0 heterocycles. The summed E-state index contributed by atoms with van der Waals surface area (Å²) in [4.78, 5) is 34.1. The first kappa shape index (κ1) is 41.0.